The van der Waals surface area contributed by atoms with Crippen molar-refractivity contribution in [3.8, 4) is 17.1 Å². The van der Waals surface area contributed by atoms with E-state index in [-0.39, 0.29) is 0 Å². The molecule has 0 aliphatic rings. The van der Waals surface area contributed by atoms with Gasteiger partial charge in [-0.25, -0.2) is 9.97 Å². The molecule has 0 aliphatic carbocycles. The van der Waals surface area contributed by atoms with E-state index in [9.17, 15) is 9.90 Å². The summed E-state index contributed by atoms with van der Waals surface area (Å²) in [7, 11) is 0. The van der Waals surface area contributed by atoms with E-state index >= 15 is 0 Å². The minimum atomic E-state index is -0.754. The van der Waals surface area contributed by atoms with Gasteiger partial charge in [0, 0.05) is 18.8 Å². The average Bonchev–Trinajstić information content (AvgIpc) is 2.90. The number of hydrogen-bond acceptors (Lipinski definition) is 5. The molecule has 1 atom stereocenters. The zero-order valence-electron chi connectivity index (χ0n) is 22.4. The summed E-state index contributed by atoms with van der Waals surface area (Å²) in [6.45, 7) is 6.62. The Hall–Kier alpha value is -2.47. The molecule has 2 aromatic rings. The number of aromatic nitrogens is 2. The third-order valence-electron chi connectivity index (χ3n) is 6.44. The first-order chi connectivity index (χ1) is 17.7. The fourth-order valence-corrected chi connectivity index (χ4v) is 4.16. The molecule has 1 heterocycles. The second-order valence-corrected chi connectivity index (χ2v) is 9.54. The van der Waals surface area contributed by atoms with Crippen LogP contribution in [0.5, 0.6) is 5.75 Å². The summed E-state index contributed by atoms with van der Waals surface area (Å²) in [4.78, 5) is 20.7. The molecule has 0 amide bonds. The minimum absolute atomic E-state index is 0.465. The van der Waals surface area contributed by atoms with Crippen molar-refractivity contribution in [3.05, 3.63) is 42.2 Å². The zero-order valence-corrected chi connectivity index (χ0v) is 22.4. The van der Waals surface area contributed by atoms with Crippen LogP contribution in [0.4, 0.5) is 0 Å². The van der Waals surface area contributed by atoms with Crippen LogP contribution in [0.1, 0.15) is 109 Å². The fraction of sp³-hybridized carbons (Fsp3) is 0.633. The van der Waals surface area contributed by atoms with E-state index in [1.807, 2.05) is 24.3 Å². The van der Waals surface area contributed by atoms with E-state index in [2.05, 4.69) is 23.8 Å². The molecular formula is C30H46N2O4. The third kappa shape index (κ3) is 12.0. The van der Waals surface area contributed by atoms with Gasteiger partial charge in [0.15, 0.2) is 11.6 Å². The van der Waals surface area contributed by atoms with Crippen molar-refractivity contribution in [1.82, 2.24) is 9.97 Å². The smallest absolute Gasteiger partial charge is 0.310 e. The molecule has 0 saturated carbocycles. The summed E-state index contributed by atoms with van der Waals surface area (Å²) in [6.07, 6.45) is 17.9. The second-order valence-electron chi connectivity index (χ2n) is 9.54. The molecule has 0 fully saturated rings. The number of rotatable bonds is 21. The maximum Gasteiger partial charge on any atom is 0.310 e. The highest BCUT2D eigenvalue weighted by Crippen LogP contribution is 2.26. The van der Waals surface area contributed by atoms with Gasteiger partial charge in [-0.3, -0.25) is 4.79 Å². The monoisotopic (exact) mass is 498 g/mol. The molecule has 6 nitrogen and oxygen atoms in total. The maximum absolute atomic E-state index is 11.9. The van der Waals surface area contributed by atoms with E-state index in [1.54, 1.807) is 12.4 Å². The lowest BCUT2D eigenvalue weighted by atomic mass is 9.92. The SMILES string of the molecule is CCCCCCCCCCC(C(=O)O)c1ccc(-c2ncc(OCCCCOCCCC)cn2)cc1. The summed E-state index contributed by atoms with van der Waals surface area (Å²) >= 11 is 0. The Morgan fingerprint density at radius 3 is 2.00 bits per heavy atom. The van der Waals surface area contributed by atoms with Crippen molar-refractivity contribution in [2.75, 3.05) is 19.8 Å². The predicted molar refractivity (Wildman–Crippen MR) is 146 cm³/mol. The van der Waals surface area contributed by atoms with Crippen molar-refractivity contribution in [2.45, 2.75) is 103 Å². The van der Waals surface area contributed by atoms with Crippen LogP contribution in [0, 0.1) is 0 Å². The Morgan fingerprint density at radius 1 is 0.778 bits per heavy atom. The van der Waals surface area contributed by atoms with Gasteiger partial charge in [-0.05, 0) is 31.2 Å². The van der Waals surface area contributed by atoms with Crippen LogP contribution >= 0.6 is 0 Å². The number of unbranched alkanes of at least 4 members (excludes halogenated alkanes) is 9. The Bertz CT molecular complexity index is 824. The van der Waals surface area contributed by atoms with Gasteiger partial charge in [-0.2, -0.15) is 0 Å². The first-order valence-corrected chi connectivity index (χ1v) is 14.0. The number of hydrogen-bond donors (Lipinski definition) is 1. The van der Waals surface area contributed by atoms with Crippen LogP contribution in [0.15, 0.2) is 36.7 Å². The average molecular weight is 499 g/mol. The molecule has 0 radical (unpaired) electrons. The molecule has 1 N–H and O–H groups in total. The molecule has 0 spiro atoms. The first-order valence-electron chi connectivity index (χ1n) is 14.0. The summed E-state index contributed by atoms with van der Waals surface area (Å²) < 4.78 is 11.3. The van der Waals surface area contributed by atoms with Gasteiger partial charge in [0.2, 0.25) is 0 Å². The molecule has 0 aliphatic heterocycles. The van der Waals surface area contributed by atoms with E-state index in [0.717, 1.165) is 62.9 Å². The van der Waals surface area contributed by atoms with Gasteiger partial charge in [-0.1, -0.05) is 95.9 Å². The van der Waals surface area contributed by atoms with Crippen LogP contribution in [-0.4, -0.2) is 40.9 Å². The van der Waals surface area contributed by atoms with E-state index in [4.69, 9.17) is 9.47 Å². The highest BCUT2D eigenvalue weighted by Gasteiger charge is 2.19. The van der Waals surface area contributed by atoms with Gasteiger partial charge >= 0.3 is 5.97 Å². The molecule has 36 heavy (non-hydrogen) atoms. The lowest BCUT2D eigenvalue weighted by molar-refractivity contribution is -0.139. The number of benzene rings is 1. The summed E-state index contributed by atoms with van der Waals surface area (Å²) in [6, 6.07) is 7.62. The lowest BCUT2D eigenvalue weighted by Crippen LogP contribution is -2.11. The van der Waals surface area contributed by atoms with Gasteiger partial charge in [-0.15, -0.1) is 0 Å². The summed E-state index contributed by atoms with van der Waals surface area (Å²) in [5.74, 6) is 0.0376. The number of ether oxygens (including phenoxy) is 2. The Morgan fingerprint density at radius 2 is 1.36 bits per heavy atom. The number of aliphatic carboxylic acids is 1. The quantitative estimate of drug-likeness (QED) is 0.177. The van der Waals surface area contributed by atoms with Crippen LogP contribution in [-0.2, 0) is 9.53 Å². The van der Waals surface area contributed by atoms with Crippen molar-refractivity contribution in [3.63, 3.8) is 0 Å². The molecule has 200 valence electrons. The number of carboxylic acids is 1. The lowest BCUT2D eigenvalue weighted by Gasteiger charge is -2.13. The maximum atomic E-state index is 11.9. The topological polar surface area (TPSA) is 81.5 Å². The van der Waals surface area contributed by atoms with Crippen molar-refractivity contribution < 1.29 is 19.4 Å². The minimum Gasteiger partial charge on any atom is -0.490 e. The molecule has 0 saturated heterocycles. The van der Waals surface area contributed by atoms with Crippen LogP contribution in [0.2, 0.25) is 0 Å². The highest BCUT2D eigenvalue weighted by molar-refractivity contribution is 5.76. The van der Waals surface area contributed by atoms with Gasteiger partial charge < -0.3 is 14.6 Å². The first kappa shape index (κ1) is 29.8. The molecule has 1 aromatic heterocycles. The highest BCUT2D eigenvalue weighted by atomic mass is 16.5. The molecule has 1 unspecified atom stereocenters. The predicted octanol–water partition coefficient (Wildman–Crippen LogP) is 7.82. The standard InChI is InChI=1S/C30H46N2O4/c1-3-5-7-8-9-10-11-12-15-28(30(33)34)25-16-18-26(19-17-25)29-31-23-27(24-32-29)36-22-14-13-21-35-20-6-4-2/h16-19,23-24,28H,3-15,20-22H2,1-2H3,(H,33,34). The summed E-state index contributed by atoms with van der Waals surface area (Å²) in [5.41, 5.74) is 1.71. The number of carbonyl (C=O) groups is 1. The largest absolute Gasteiger partial charge is 0.490 e. The zero-order chi connectivity index (χ0) is 25.8. The van der Waals surface area contributed by atoms with E-state index in [1.165, 1.54) is 38.5 Å². The Balaban J connectivity index is 1.75. The van der Waals surface area contributed by atoms with Gasteiger partial charge in [0.05, 0.1) is 24.9 Å². The van der Waals surface area contributed by atoms with Crippen LogP contribution < -0.4 is 4.74 Å². The molecule has 6 heteroatoms. The molecular weight excluding hydrogens is 452 g/mol. The van der Waals surface area contributed by atoms with Crippen LogP contribution in [0.3, 0.4) is 0 Å². The van der Waals surface area contributed by atoms with Crippen molar-refractivity contribution in [2.24, 2.45) is 0 Å². The summed E-state index contributed by atoms with van der Waals surface area (Å²) in [5, 5.41) is 9.75. The number of nitrogens with zero attached hydrogens (tertiary/aromatic N) is 2. The third-order valence-corrected chi connectivity index (χ3v) is 6.44. The Labute approximate surface area is 217 Å². The van der Waals surface area contributed by atoms with E-state index < -0.39 is 11.9 Å². The van der Waals surface area contributed by atoms with E-state index in [0.29, 0.717) is 24.6 Å². The Kier molecular flexibility index (Phi) is 15.5. The van der Waals surface area contributed by atoms with Gasteiger partial charge in [0.1, 0.15) is 0 Å². The van der Waals surface area contributed by atoms with Crippen molar-refractivity contribution >= 4 is 5.97 Å². The molecule has 0 bridgehead atoms. The molecule has 1 aromatic carbocycles. The number of carboxylic acid groups (broad SMARTS) is 1. The normalized spacial score (nSPS) is 11.9. The second kappa shape index (κ2) is 18.8. The van der Waals surface area contributed by atoms with Crippen LogP contribution in [0.25, 0.3) is 11.4 Å². The van der Waals surface area contributed by atoms with Crippen molar-refractivity contribution in [1.29, 1.82) is 0 Å². The fourth-order valence-electron chi connectivity index (χ4n) is 4.16. The molecule has 2 rings (SSSR count). The van der Waals surface area contributed by atoms with Gasteiger partial charge in [0.25, 0.3) is 0 Å².